The third kappa shape index (κ3) is 4.74. The normalized spacial score (nSPS) is 18.8. The number of para-hydroxylation sites is 1. The Kier molecular flexibility index (Phi) is 7.06. The zero-order valence-electron chi connectivity index (χ0n) is 20.7. The van der Waals surface area contributed by atoms with E-state index in [0.29, 0.717) is 69.6 Å². The average Bonchev–Trinajstić information content (AvgIpc) is 3.15. The molecule has 0 aliphatic carbocycles. The van der Waals surface area contributed by atoms with Gasteiger partial charge in [0.2, 0.25) is 0 Å². The van der Waals surface area contributed by atoms with Gasteiger partial charge in [-0.2, -0.15) is 0 Å². The van der Waals surface area contributed by atoms with Gasteiger partial charge in [-0.3, -0.25) is 0 Å². The number of fused-ring (bicyclic) bond motifs is 1. The molecule has 0 bridgehead atoms. The Hall–Kier alpha value is -3.63. The van der Waals surface area contributed by atoms with Gasteiger partial charge in [0.25, 0.3) is 0 Å². The van der Waals surface area contributed by atoms with Crippen LogP contribution in [0.4, 0.5) is 16.2 Å². The fourth-order valence-corrected chi connectivity index (χ4v) is 4.90. The summed E-state index contributed by atoms with van der Waals surface area (Å²) in [6.07, 6.45) is 2.19. The summed E-state index contributed by atoms with van der Waals surface area (Å²) >= 11 is 0. The molecular formula is C26H32N6O4. The third-order valence-corrected chi connectivity index (χ3v) is 6.77. The van der Waals surface area contributed by atoms with Gasteiger partial charge >= 0.3 is 6.03 Å². The second-order valence-electron chi connectivity index (χ2n) is 8.91. The maximum absolute atomic E-state index is 13.2. The lowest BCUT2D eigenvalue weighted by molar-refractivity contribution is 0.0428. The van der Waals surface area contributed by atoms with Crippen molar-refractivity contribution in [1.82, 2.24) is 19.8 Å². The van der Waals surface area contributed by atoms with Gasteiger partial charge in [-0.25, -0.2) is 14.8 Å². The number of nitrogens with zero attached hydrogens (tertiary/aromatic N) is 5. The van der Waals surface area contributed by atoms with Crippen molar-refractivity contribution in [2.45, 2.75) is 12.6 Å². The van der Waals surface area contributed by atoms with Crippen LogP contribution in [0.3, 0.4) is 0 Å². The minimum atomic E-state index is -0.266. The van der Waals surface area contributed by atoms with Crippen LogP contribution in [-0.2, 0) is 9.47 Å². The standard InChI is InChI=1S/C26H32N6O4/c1-34-22-16-19(27)15-21(24(22)25-28-17-18-5-3-4-6-20(18)29-25)32-10-9-30(8-7-23(32)35-2)26(33)31-11-13-36-14-12-31/h3-6,15-17,23H,7-14,27H2,1-2H3. The van der Waals surface area contributed by atoms with Crippen molar-refractivity contribution in [3.63, 3.8) is 0 Å². The predicted octanol–water partition coefficient (Wildman–Crippen LogP) is 2.82. The van der Waals surface area contributed by atoms with E-state index in [0.717, 1.165) is 22.2 Å². The number of nitrogens with two attached hydrogens (primary N) is 1. The molecule has 2 fully saturated rings. The summed E-state index contributed by atoms with van der Waals surface area (Å²) in [7, 11) is 3.30. The van der Waals surface area contributed by atoms with Crippen molar-refractivity contribution < 1.29 is 19.0 Å². The minimum absolute atomic E-state index is 0.0400. The van der Waals surface area contributed by atoms with Gasteiger partial charge in [0.05, 0.1) is 37.1 Å². The zero-order valence-corrected chi connectivity index (χ0v) is 20.7. The van der Waals surface area contributed by atoms with Gasteiger partial charge in [-0.1, -0.05) is 18.2 Å². The Morgan fingerprint density at radius 2 is 1.83 bits per heavy atom. The number of methoxy groups -OCH3 is 2. The number of nitrogen functional groups attached to an aromatic ring is 1. The van der Waals surface area contributed by atoms with Crippen LogP contribution in [0, 0.1) is 0 Å². The Labute approximate surface area is 210 Å². The van der Waals surface area contributed by atoms with Gasteiger partial charge in [0.1, 0.15) is 12.0 Å². The summed E-state index contributed by atoms with van der Waals surface area (Å²) in [5.74, 6) is 1.13. The number of carbonyl (C=O) groups excluding carboxylic acids is 1. The molecule has 2 aliphatic heterocycles. The quantitative estimate of drug-likeness (QED) is 0.554. The predicted molar refractivity (Wildman–Crippen MR) is 138 cm³/mol. The maximum atomic E-state index is 13.2. The summed E-state index contributed by atoms with van der Waals surface area (Å²) < 4.78 is 17.1. The molecule has 1 atom stereocenters. The van der Waals surface area contributed by atoms with Crippen LogP contribution in [0.1, 0.15) is 6.42 Å². The molecule has 36 heavy (non-hydrogen) atoms. The molecule has 3 aromatic rings. The first-order chi connectivity index (χ1) is 17.6. The fraction of sp³-hybridized carbons (Fsp3) is 0.423. The smallest absolute Gasteiger partial charge is 0.320 e. The molecule has 5 rings (SSSR count). The number of urea groups is 1. The molecule has 1 aromatic heterocycles. The van der Waals surface area contributed by atoms with Gasteiger partial charge < -0.3 is 34.6 Å². The average molecular weight is 493 g/mol. The lowest BCUT2D eigenvalue weighted by atomic mass is 10.1. The summed E-state index contributed by atoms with van der Waals surface area (Å²) in [5, 5.41) is 0.957. The van der Waals surface area contributed by atoms with Crippen LogP contribution in [0.25, 0.3) is 22.3 Å². The highest BCUT2D eigenvalue weighted by molar-refractivity contribution is 5.87. The van der Waals surface area contributed by atoms with Crippen LogP contribution in [0.5, 0.6) is 5.75 Å². The number of carbonyl (C=O) groups is 1. The van der Waals surface area contributed by atoms with E-state index in [1.165, 1.54) is 0 Å². The number of hydrogen-bond donors (Lipinski definition) is 1. The summed E-state index contributed by atoms with van der Waals surface area (Å²) in [6, 6.07) is 11.6. The van der Waals surface area contributed by atoms with Crippen molar-refractivity contribution in [3.8, 4) is 17.1 Å². The van der Waals surface area contributed by atoms with E-state index >= 15 is 0 Å². The first-order valence-electron chi connectivity index (χ1n) is 12.2. The third-order valence-electron chi connectivity index (χ3n) is 6.77. The van der Waals surface area contributed by atoms with Gasteiger partial charge in [0, 0.05) is 69.6 Å². The van der Waals surface area contributed by atoms with Crippen molar-refractivity contribution in [3.05, 3.63) is 42.6 Å². The Bertz CT molecular complexity index is 1230. The molecule has 2 N–H and O–H groups in total. The number of amides is 2. The molecule has 1 unspecified atom stereocenters. The molecule has 3 heterocycles. The van der Waals surface area contributed by atoms with Gasteiger partial charge in [0.15, 0.2) is 5.82 Å². The minimum Gasteiger partial charge on any atom is -0.496 e. The van der Waals surface area contributed by atoms with E-state index in [1.54, 1.807) is 20.3 Å². The molecule has 0 saturated carbocycles. The summed E-state index contributed by atoms with van der Waals surface area (Å²) in [4.78, 5) is 28.6. The van der Waals surface area contributed by atoms with E-state index in [2.05, 4.69) is 9.88 Å². The number of ether oxygens (including phenoxy) is 3. The molecule has 10 heteroatoms. The highest BCUT2D eigenvalue weighted by Crippen LogP contribution is 2.41. The maximum Gasteiger partial charge on any atom is 0.320 e. The first-order valence-corrected chi connectivity index (χ1v) is 12.2. The summed E-state index contributed by atoms with van der Waals surface area (Å²) in [6.45, 7) is 4.07. The van der Waals surface area contributed by atoms with Crippen LogP contribution in [0.15, 0.2) is 42.6 Å². The monoisotopic (exact) mass is 492 g/mol. The molecule has 2 aliphatic rings. The molecule has 2 aromatic carbocycles. The van der Waals surface area contributed by atoms with E-state index < -0.39 is 0 Å². The van der Waals surface area contributed by atoms with E-state index in [-0.39, 0.29) is 12.3 Å². The van der Waals surface area contributed by atoms with Crippen molar-refractivity contribution >= 4 is 28.3 Å². The number of morpholine rings is 1. The van der Waals surface area contributed by atoms with Crippen LogP contribution in [0.2, 0.25) is 0 Å². The molecular weight excluding hydrogens is 460 g/mol. The lowest BCUT2D eigenvalue weighted by Gasteiger charge is -2.33. The zero-order chi connectivity index (χ0) is 25.1. The largest absolute Gasteiger partial charge is 0.496 e. The van der Waals surface area contributed by atoms with Crippen molar-refractivity contribution in [2.75, 3.05) is 70.8 Å². The highest BCUT2D eigenvalue weighted by Gasteiger charge is 2.32. The highest BCUT2D eigenvalue weighted by atomic mass is 16.5. The van der Waals surface area contributed by atoms with E-state index in [4.69, 9.17) is 24.9 Å². The van der Waals surface area contributed by atoms with E-state index in [1.807, 2.05) is 46.3 Å². The molecule has 190 valence electrons. The van der Waals surface area contributed by atoms with Crippen LogP contribution >= 0.6 is 0 Å². The molecule has 2 saturated heterocycles. The second-order valence-corrected chi connectivity index (χ2v) is 8.91. The van der Waals surface area contributed by atoms with Gasteiger partial charge in [-0.15, -0.1) is 0 Å². The second kappa shape index (κ2) is 10.5. The number of rotatable bonds is 4. The topological polar surface area (TPSA) is 106 Å². The fourth-order valence-electron chi connectivity index (χ4n) is 4.90. The SMILES string of the molecule is COc1cc(N)cc(N2CCN(C(=O)N3CCOCC3)CCC2OC)c1-c1ncc2ccccc2n1. The number of benzene rings is 2. The number of anilines is 2. The molecule has 2 amide bonds. The van der Waals surface area contributed by atoms with Crippen LogP contribution < -0.4 is 15.4 Å². The Morgan fingerprint density at radius 1 is 1.06 bits per heavy atom. The number of aromatic nitrogens is 2. The van der Waals surface area contributed by atoms with Crippen molar-refractivity contribution in [1.29, 1.82) is 0 Å². The molecule has 0 radical (unpaired) electrons. The Balaban J connectivity index is 1.52. The first kappa shape index (κ1) is 24.1. The van der Waals surface area contributed by atoms with Crippen LogP contribution in [-0.4, -0.2) is 92.2 Å². The van der Waals surface area contributed by atoms with Crippen molar-refractivity contribution in [2.24, 2.45) is 0 Å². The molecule has 0 spiro atoms. The summed E-state index contributed by atoms with van der Waals surface area (Å²) in [5.41, 5.74) is 9.27. The lowest BCUT2D eigenvalue weighted by Crippen LogP contribution is -2.49. The molecule has 10 nitrogen and oxygen atoms in total. The van der Waals surface area contributed by atoms with E-state index in [9.17, 15) is 4.79 Å². The van der Waals surface area contributed by atoms with Gasteiger partial charge in [-0.05, 0) is 12.1 Å². The Morgan fingerprint density at radius 3 is 2.61 bits per heavy atom. The number of hydrogen-bond acceptors (Lipinski definition) is 8.